The van der Waals surface area contributed by atoms with Gasteiger partial charge in [0.1, 0.15) is 11.6 Å². The molecule has 3 fully saturated rings. The number of carbonyl (C=O) groups excluding carboxylic acids is 2. The second-order valence-electron chi connectivity index (χ2n) is 11.6. The fourth-order valence-corrected chi connectivity index (χ4v) is 7.54. The fourth-order valence-electron chi connectivity index (χ4n) is 7.54. The Bertz CT molecular complexity index is 1270. The Morgan fingerprint density at radius 3 is 2.65 bits per heavy atom. The number of carbonyl (C=O) groups is 2. The van der Waals surface area contributed by atoms with Crippen molar-refractivity contribution in [2.45, 2.75) is 63.5 Å². The number of benzene rings is 2. The standard InChI is InChI=1S/C31H37N3O3/c1-31(18-23-19-33-26-10-6-5-9-24(23)26,29(35)32-16-15-20-7-3-2-4-8-20)34-30(36)37-27-14-13-25-21-11-12-22(17-21)28(25)27/h2-10,19,21-22,25,27-28,33H,11-18H2,1H3,(H,32,35)(H,34,36)/t21-,22+,25-,27+,28+,31+/m0/s1. The van der Waals surface area contributed by atoms with E-state index in [0.717, 1.165) is 53.1 Å². The molecule has 1 heterocycles. The number of hydrogen-bond donors (Lipinski definition) is 3. The summed E-state index contributed by atoms with van der Waals surface area (Å²) in [5.74, 6) is 2.55. The summed E-state index contributed by atoms with van der Waals surface area (Å²) in [5.41, 5.74) is 2.02. The molecule has 0 radical (unpaired) electrons. The molecule has 6 heteroatoms. The predicted molar refractivity (Wildman–Crippen MR) is 144 cm³/mol. The van der Waals surface area contributed by atoms with Crippen LogP contribution in [0.1, 0.15) is 50.2 Å². The zero-order valence-corrected chi connectivity index (χ0v) is 21.5. The Morgan fingerprint density at radius 2 is 1.78 bits per heavy atom. The van der Waals surface area contributed by atoms with E-state index < -0.39 is 11.6 Å². The third kappa shape index (κ3) is 4.74. The van der Waals surface area contributed by atoms with Gasteiger partial charge >= 0.3 is 6.09 Å². The summed E-state index contributed by atoms with van der Waals surface area (Å²) < 4.78 is 6.07. The predicted octanol–water partition coefficient (Wildman–Crippen LogP) is 5.38. The SMILES string of the molecule is C[C@](Cc1c[nH]c2ccccc12)(NC(=O)O[C@@H]1CC[C@H]2[C@H]3CC[C@H](C3)[C@H]21)C(=O)NCCc1ccccc1. The highest BCUT2D eigenvalue weighted by atomic mass is 16.6. The molecule has 3 saturated carbocycles. The Morgan fingerprint density at radius 1 is 1.00 bits per heavy atom. The van der Waals surface area contributed by atoms with Gasteiger partial charge in [0, 0.05) is 36.0 Å². The first kappa shape index (κ1) is 24.1. The smallest absolute Gasteiger partial charge is 0.408 e. The fraction of sp³-hybridized carbons (Fsp3) is 0.484. The molecule has 194 valence electrons. The Balaban J connectivity index is 1.16. The van der Waals surface area contributed by atoms with Gasteiger partial charge in [-0.25, -0.2) is 4.79 Å². The summed E-state index contributed by atoms with van der Waals surface area (Å²) in [6, 6.07) is 18.1. The highest BCUT2D eigenvalue weighted by Crippen LogP contribution is 2.59. The number of para-hydroxylation sites is 1. The largest absolute Gasteiger partial charge is 0.446 e. The van der Waals surface area contributed by atoms with Crippen LogP contribution in [0.4, 0.5) is 4.79 Å². The zero-order chi connectivity index (χ0) is 25.4. The van der Waals surface area contributed by atoms with Crippen LogP contribution in [-0.4, -0.2) is 35.2 Å². The number of aromatic nitrogens is 1. The minimum absolute atomic E-state index is 0.0289. The monoisotopic (exact) mass is 499 g/mol. The average Bonchev–Trinajstić information content (AvgIpc) is 3.69. The van der Waals surface area contributed by atoms with E-state index in [-0.39, 0.29) is 12.0 Å². The van der Waals surface area contributed by atoms with E-state index in [4.69, 9.17) is 4.74 Å². The van der Waals surface area contributed by atoms with Crippen molar-refractivity contribution < 1.29 is 14.3 Å². The van der Waals surface area contributed by atoms with E-state index in [1.54, 1.807) is 0 Å². The average molecular weight is 500 g/mol. The third-order valence-corrected chi connectivity index (χ3v) is 9.27. The maximum atomic E-state index is 13.6. The molecular weight excluding hydrogens is 462 g/mol. The van der Waals surface area contributed by atoms with E-state index in [1.807, 2.05) is 55.6 Å². The number of H-pyrrole nitrogens is 1. The highest BCUT2D eigenvalue weighted by molar-refractivity contribution is 5.91. The van der Waals surface area contributed by atoms with Gasteiger partial charge in [0.25, 0.3) is 0 Å². The van der Waals surface area contributed by atoms with E-state index in [0.29, 0.717) is 24.8 Å². The lowest BCUT2D eigenvalue weighted by Gasteiger charge is -2.32. The lowest BCUT2D eigenvalue weighted by molar-refractivity contribution is -0.127. The van der Waals surface area contributed by atoms with Gasteiger partial charge in [-0.15, -0.1) is 0 Å². The number of aromatic amines is 1. The molecule has 2 bridgehead atoms. The molecule has 0 saturated heterocycles. The van der Waals surface area contributed by atoms with Crippen molar-refractivity contribution in [1.29, 1.82) is 0 Å². The molecule has 6 nitrogen and oxygen atoms in total. The van der Waals surface area contributed by atoms with Crippen LogP contribution in [0.2, 0.25) is 0 Å². The molecule has 2 aromatic carbocycles. The molecule has 3 aliphatic carbocycles. The third-order valence-electron chi connectivity index (χ3n) is 9.27. The molecule has 0 unspecified atom stereocenters. The number of alkyl carbamates (subject to hydrolysis) is 1. The minimum atomic E-state index is -1.15. The zero-order valence-electron chi connectivity index (χ0n) is 21.5. The number of nitrogens with one attached hydrogen (secondary N) is 3. The number of fused-ring (bicyclic) bond motifs is 6. The quantitative estimate of drug-likeness (QED) is 0.389. The minimum Gasteiger partial charge on any atom is -0.446 e. The molecule has 3 aromatic rings. The van der Waals surface area contributed by atoms with Crippen molar-refractivity contribution >= 4 is 22.9 Å². The van der Waals surface area contributed by atoms with Gasteiger partial charge < -0.3 is 20.4 Å². The molecule has 6 atom stereocenters. The highest BCUT2D eigenvalue weighted by Gasteiger charge is 2.54. The van der Waals surface area contributed by atoms with Crippen LogP contribution < -0.4 is 10.6 Å². The number of ether oxygens (including phenoxy) is 1. The van der Waals surface area contributed by atoms with Gasteiger partial charge in [-0.3, -0.25) is 4.79 Å². The van der Waals surface area contributed by atoms with Crippen LogP contribution in [0.5, 0.6) is 0 Å². The van der Waals surface area contributed by atoms with E-state index >= 15 is 0 Å². The van der Waals surface area contributed by atoms with E-state index in [1.165, 1.54) is 19.3 Å². The van der Waals surface area contributed by atoms with Crippen LogP contribution in [-0.2, 0) is 22.4 Å². The van der Waals surface area contributed by atoms with Gasteiger partial charge in [-0.2, -0.15) is 0 Å². The van der Waals surface area contributed by atoms with E-state index in [2.05, 4.69) is 27.8 Å². The maximum Gasteiger partial charge on any atom is 0.408 e. The molecular formula is C31H37N3O3. The second-order valence-corrected chi connectivity index (χ2v) is 11.6. The summed E-state index contributed by atoms with van der Waals surface area (Å²) in [5, 5.41) is 7.14. The maximum absolute atomic E-state index is 13.6. The van der Waals surface area contributed by atoms with Crippen LogP contribution >= 0.6 is 0 Å². The topological polar surface area (TPSA) is 83.2 Å². The van der Waals surface area contributed by atoms with Gasteiger partial charge in [0.05, 0.1) is 0 Å². The number of amides is 2. The first-order valence-corrected chi connectivity index (χ1v) is 13.9. The van der Waals surface area contributed by atoms with Gasteiger partial charge in [0.2, 0.25) is 5.91 Å². The summed E-state index contributed by atoms with van der Waals surface area (Å²) >= 11 is 0. The molecule has 0 spiro atoms. The van der Waals surface area contributed by atoms with Crippen LogP contribution in [0.3, 0.4) is 0 Å². The van der Waals surface area contributed by atoms with Gasteiger partial charge in [0.15, 0.2) is 0 Å². The van der Waals surface area contributed by atoms with Gasteiger partial charge in [-0.1, -0.05) is 48.5 Å². The molecule has 2 amide bonds. The summed E-state index contributed by atoms with van der Waals surface area (Å²) in [6.45, 7) is 2.31. The molecule has 37 heavy (non-hydrogen) atoms. The van der Waals surface area contributed by atoms with Crippen LogP contribution in [0.15, 0.2) is 60.8 Å². The lowest BCUT2D eigenvalue weighted by atomic mass is 9.81. The first-order valence-electron chi connectivity index (χ1n) is 13.9. The van der Waals surface area contributed by atoms with Crippen molar-refractivity contribution in [3.05, 3.63) is 71.9 Å². The molecule has 3 aliphatic rings. The Hall–Kier alpha value is -3.28. The van der Waals surface area contributed by atoms with Crippen molar-refractivity contribution in [2.24, 2.45) is 23.7 Å². The van der Waals surface area contributed by atoms with Crippen LogP contribution in [0, 0.1) is 23.7 Å². The summed E-state index contributed by atoms with van der Waals surface area (Å²) in [4.78, 5) is 30.2. The Kier molecular flexibility index (Phi) is 6.43. The normalized spacial score (nSPS) is 27.5. The van der Waals surface area contributed by atoms with Crippen LogP contribution in [0.25, 0.3) is 10.9 Å². The van der Waals surface area contributed by atoms with Gasteiger partial charge in [-0.05, 0) is 80.4 Å². The number of rotatable bonds is 8. The van der Waals surface area contributed by atoms with E-state index in [9.17, 15) is 9.59 Å². The molecule has 3 N–H and O–H groups in total. The first-order chi connectivity index (χ1) is 18.0. The Labute approximate surface area is 218 Å². The van der Waals surface area contributed by atoms with Crippen molar-refractivity contribution in [3.8, 4) is 0 Å². The van der Waals surface area contributed by atoms with Crippen molar-refractivity contribution in [1.82, 2.24) is 15.6 Å². The number of hydrogen-bond acceptors (Lipinski definition) is 3. The summed E-state index contributed by atoms with van der Waals surface area (Å²) in [6.07, 6.45) is 8.55. The molecule has 6 rings (SSSR count). The lowest BCUT2D eigenvalue weighted by Crippen LogP contribution is -2.59. The molecule has 0 aliphatic heterocycles. The summed E-state index contributed by atoms with van der Waals surface area (Å²) in [7, 11) is 0. The van der Waals surface area contributed by atoms with Crippen molar-refractivity contribution in [3.63, 3.8) is 0 Å². The molecule has 1 aromatic heterocycles. The van der Waals surface area contributed by atoms with Crippen molar-refractivity contribution in [2.75, 3.05) is 6.54 Å². The second kappa shape index (κ2) is 9.88.